The lowest BCUT2D eigenvalue weighted by Crippen LogP contribution is -2.53. The Morgan fingerprint density at radius 3 is 2.35 bits per heavy atom. The summed E-state index contributed by atoms with van der Waals surface area (Å²) >= 11 is 0. The number of aromatic nitrogens is 6. The van der Waals surface area contributed by atoms with Crippen molar-refractivity contribution in [2.24, 2.45) is 5.92 Å². The number of hydrogen-bond acceptors (Lipinski definition) is 8. The van der Waals surface area contributed by atoms with Crippen LogP contribution in [0.2, 0.25) is 0 Å². The van der Waals surface area contributed by atoms with E-state index in [0.717, 1.165) is 44.2 Å². The summed E-state index contributed by atoms with van der Waals surface area (Å²) in [5.41, 5.74) is 0. The highest BCUT2D eigenvalue weighted by molar-refractivity contribution is 5.80. The van der Waals surface area contributed by atoms with E-state index >= 15 is 0 Å². The maximum Gasteiger partial charge on any atom is 0.227 e. The Hall–Kier alpha value is -3.56. The molecule has 10 heteroatoms. The third-order valence-electron chi connectivity index (χ3n) is 5.90. The molecule has 5 rings (SSSR count). The Kier molecular flexibility index (Phi) is 5.42. The molecule has 2 aliphatic rings. The van der Waals surface area contributed by atoms with Crippen LogP contribution in [0.25, 0.3) is 5.82 Å². The fourth-order valence-corrected chi connectivity index (χ4v) is 4.24. The Labute approximate surface area is 180 Å². The van der Waals surface area contributed by atoms with Crippen molar-refractivity contribution in [2.75, 3.05) is 49.1 Å². The van der Waals surface area contributed by atoms with E-state index < -0.39 is 0 Å². The van der Waals surface area contributed by atoms with Crippen LogP contribution in [0.1, 0.15) is 12.8 Å². The number of amides is 1. The van der Waals surface area contributed by atoms with Crippen LogP contribution in [0.15, 0.2) is 49.1 Å². The highest BCUT2D eigenvalue weighted by atomic mass is 16.2. The van der Waals surface area contributed by atoms with Gasteiger partial charge in [-0.25, -0.2) is 14.6 Å². The van der Waals surface area contributed by atoms with Crippen molar-refractivity contribution in [3.63, 3.8) is 0 Å². The van der Waals surface area contributed by atoms with Crippen LogP contribution in [0.4, 0.5) is 11.8 Å². The topological polar surface area (TPSA) is 96.2 Å². The molecule has 3 aromatic heterocycles. The van der Waals surface area contributed by atoms with E-state index in [2.05, 4.69) is 35.1 Å². The van der Waals surface area contributed by atoms with E-state index in [1.54, 1.807) is 23.3 Å². The minimum absolute atomic E-state index is 0.0131. The summed E-state index contributed by atoms with van der Waals surface area (Å²) < 4.78 is 1.68. The van der Waals surface area contributed by atoms with Gasteiger partial charge in [0, 0.05) is 64.1 Å². The smallest absolute Gasteiger partial charge is 0.227 e. The maximum atomic E-state index is 13.2. The summed E-state index contributed by atoms with van der Waals surface area (Å²) in [6, 6.07) is 7.53. The fraction of sp³-hybridized carbons (Fsp3) is 0.429. The summed E-state index contributed by atoms with van der Waals surface area (Å²) in [5.74, 6) is 2.44. The first-order valence-electron chi connectivity index (χ1n) is 10.7. The van der Waals surface area contributed by atoms with Crippen molar-refractivity contribution in [3.8, 4) is 5.82 Å². The number of piperidine rings is 1. The average molecular weight is 419 g/mol. The molecule has 1 amide bonds. The standard InChI is InChI=1S/C21H25N9O/c31-20(27-12-14-28(15-13-27)21-22-7-2-8-23-21)17-4-1-10-29(16-17)18-5-6-19(26-25-18)30-11-3-9-24-30/h2-3,5-9,11,17H,1,4,10,12-16H2. The molecule has 0 radical (unpaired) electrons. The molecule has 2 aliphatic heterocycles. The van der Waals surface area contributed by atoms with Gasteiger partial charge in [-0.3, -0.25) is 4.79 Å². The minimum atomic E-state index is -0.0131. The Morgan fingerprint density at radius 2 is 1.65 bits per heavy atom. The van der Waals surface area contributed by atoms with E-state index in [9.17, 15) is 4.79 Å². The van der Waals surface area contributed by atoms with Crippen LogP contribution in [0.5, 0.6) is 0 Å². The van der Waals surface area contributed by atoms with Gasteiger partial charge < -0.3 is 14.7 Å². The molecule has 0 aromatic carbocycles. The van der Waals surface area contributed by atoms with Crippen molar-refractivity contribution in [1.82, 2.24) is 34.8 Å². The van der Waals surface area contributed by atoms with Crippen LogP contribution < -0.4 is 9.80 Å². The normalized spacial score (nSPS) is 19.5. The van der Waals surface area contributed by atoms with Gasteiger partial charge in [0.05, 0.1) is 5.92 Å². The summed E-state index contributed by atoms with van der Waals surface area (Å²) in [7, 11) is 0. The molecule has 2 fully saturated rings. The molecule has 0 spiro atoms. The quantitative estimate of drug-likeness (QED) is 0.618. The van der Waals surface area contributed by atoms with Crippen molar-refractivity contribution in [3.05, 3.63) is 49.1 Å². The first kappa shape index (κ1) is 19.4. The molecule has 5 heterocycles. The molecular formula is C21H25N9O. The highest BCUT2D eigenvalue weighted by Gasteiger charge is 2.32. The summed E-state index contributed by atoms with van der Waals surface area (Å²) in [5, 5.41) is 12.8. The molecule has 3 aromatic rings. The Balaban J connectivity index is 1.19. The molecule has 2 saturated heterocycles. The van der Waals surface area contributed by atoms with Gasteiger partial charge in [-0.1, -0.05) is 0 Å². The monoisotopic (exact) mass is 419 g/mol. The van der Waals surface area contributed by atoms with Crippen LogP contribution in [0.3, 0.4) is 0 Å². The molecule has 160 valence electrons. The van der Waals surface area contributed by atoms with Crippen LogP contribution in [-0.4, -0.2) is 80.0 Å². The number of rotatable bonds is 4. The Morgan fingerprint density at radius 1 is 0.871 bits per heavy atom. The SMILES string of the molecule is O=C(C1CCCN(c2ccc(-n3cccn3)nn2)C1)N1CCN(c2ncccn2)CC1. The van der Waals surface area contributed by atoms with Gasteiger partial charge in [-0.2, -0.15) is 5.10 Å². The molecule has 0 aliphatic carbocycles. The van der Waals surface area contributed by atoms with E-state index in [4.69, 9.17) is 0 Å². The molecule has 0 bridgehead atoms. The molecule has 31 heavy (non-hydrogen) atoms. The van der Waals surface area contributed by atoms with E-state index in [-0.39, 0.29) is 11.8 Å². The van der Waals surface area contributed by atoms with Crippen molar-refractivity contribution in [2.45, 2.75) is 12.8 Å². The predicted molar refractivity (Wildman–Crippen MR) is 115 cm³/mol. The summed E-state index contributed by atoms with van der Waals surface area (Å²) in [6.45, 7) is 4.48. The number of carbonyl (C=O) groups excluding carboxylic acids is 1. The summed E-state index contributed by atoms with van der Waals surface area (Å²) in [4.78, 5) is 28.1. The fourth-order valence-electron chi connectivity index (χ4n) is 4.24. The van der Waals surface area contributed by atoms with Gasteiger partial charge in [0.15, 0.2) is 11.6 Å². The third-order valence-corrected chi connectivity index (χ3v) is 5.90. The second-order valence-electron chi connectivity index (χ2n) is 7.85. The largest absolute Gasteiger partial charge is 0.354 e. The minimum Gasteiger partial charge on any atom is -0.354 e. The zero-order valence-electron chi connectivity index (χ0n) is 17.3. The second-order valence-corrected chi connectivity index (χ2v) is 7.85. The second kappa shape index (κ2) is 8.66. The lowest BCUT2D eigenvalue weighted by molar-refractivity contribution is -0.136. The van der Waals surface area contributed by atoms with Gasteiger partial charge in [0.1, 0.15) is 0 Å². The summed E-state index contributed by atoms with van der Waals surface area (Å²) in [6.07, 6.45) is 8.93. The van der Waals surface area contributed by atoms with Crippen LogP contribution >= 0.6 is 0 Å². The molecule has 1 unspecified atom stereocenters. The first-order valence-corrected chi connectivity index (χ1v) is 10.7. The van der Waals surface area contributed by atoms with Crippen LogP contribution in [-0.2, 0) is 4.79 Å². The maximum absolute atomic E-state index is 13.2. The van der Waals surface area contributed by atoms with E-state index in [1.165, 1.54) is 0 Å². The number of anilines is 2. The van der Waals surface area contributed by atoms with E-state index in [0.29, 0.717) is 25.5 Å². The van der Waals surface area contributed by atoms with Gasteiger partial charge >= 0.3 is 0 Å². The highest BCUT2D eigenvalue weighted by Crippen LogP contribution is 2.24. The number of nitrogens with zero attached hydrogens (tertiary/aromatic N) is 9. The third kappa shape index (κ3) is 4.18. The van der Waals surface area contributed by atoms with Crippen molar-refractivity contribution >= 4 is 17.7 Å². The van der Waals surface area contributed by atoms with Crippen molar-refractivity contribution in [1.29, 1.82) is 0 Å². The molecular weight excluding hydrogens is 394 g/mol. The average Bonchev–Trinajstić information content (AvgIpc) is 3.40. The number of carbonyl (C=O) groups is 1. The Bertz CT molecular complexity index is 985. The van der Waals surface area contributed by atoms with Gasteiger partial charge in [0.2, 0.25) is 11.9 Å². The van der Waals surface area contributed by atoms with Gasteiger partial charge in [-0.05, 0) is 37.1 Å². The zero-order valence-corrected chi connectivity index (χ0v) is 17.3. The van der Waals surface area contributed by atoms with Gasteiger partial charge in [-0.15, -0.1) is 10.2 Å². The van der Waals surface area contributed by atoms with Crippen molar-refractivity contribution < 1.29 is 4.79 Å². The molecule has 10 nitrogen and oxygen atoms in total. The number of piperazine rings is 1. The number of hydrogen-bond donors (Lipinski definition) is 0. The molecule has 1 atom stereocenters. The van der Waals surface area contributed by atoms with E-state index in [1.807, 2.05) is 35.4 Å². The zero-order chi connectivity index (χ0) is 21.0. The lowest BCUT2D eigenvalue weighted by atomic mass is 9.96. The molecule has 0 N–H and O–H groups in total. The first-order chi connectivity index (χ1) is 15.3. The lowest BCUT2D eigenvalue weighted by Gasteiger charge is -2.39. The molecule has 0 saturated carbocycles. The van der Waals surface area contributed by atoms with Crippen LogP contribution in [0, 0.1) is 5.92 Å². The predicted octanol–water partition coefficient (Wildman–Crippen LogP) is 1.02. The van der Waals surface area contributed by atoms with Gasteiger partial charge in [0.25, 0.3) is 0 Å².